The van der Waals surface area contributed by atoms with Gasteiger partial charge in [0.2, 0.25) is 0 Å². The second-order valence-corrected chi connectivity index (χ2v) is 2.43. The van der Waals surface area contributed by atoms with Gasteiger partial charge < -0.3 is 10.2 Å². The van der Waals surface area contributed by atoms with Crippen molar-refractivity contribution in [3.63, 3.8) is 0 Å². The summed E-state index contributed by atoms with van der Waals surface area (Å²) in [6.07, 6.45) is -2.47. The second kappa shape index (κ2) is 3.86. The third-order valence-corrected chi connectivity index (χ3v) is 1.57. The average molecular weight is 163 g/mol. The lowest BCUT2D eigenvalue weighted by Gasteiger charge is -2.10. The molecule has 0 radical (unpaired) electrons. The number of hydrogen-bond donors (Lipinski definition) is 2. The summed E-state index contributed by atoms with van der Waals surface area (Å²) in [5.41, 5.74) is 0.548. The van der Waals surface area contributed by atoms with E-state index in [1.54, 1.807) is 36.4 Å². The monoisotopic (exact) mass is 163 g/mol. The SMILES string of the molecule is N#C[C@H](O)[C@@H](O)c1ccccc1. The number of nitriles is 1. The minimum atomic E-state index is -1.35. The number of aliphatic hydroxyl groups is 2. The van der Waals surface area contributed by atoms with E-state index in [4.69, 9.17) is 10.4 Å². The van der Waals surface area contributed by atoms with Gasteiger partial charge in [-0.05, 0) is 5.56 Å². The normalized spacial score (nSPS) is 14.8. The molecule has 0 saturated heterocycles. The lowest BCUT2D eigenvalue weighted by Crippen LogP contribution is -2.15. The third-order valence-electron chi connectivity index (χ3n) is 1.57. The van der Waals surface area contributed by atoms with Crippen LogP contribution >= 0.6 is 0 Å². The fourth-order valence-corrected chi connectivity index (χ4v) is 0.903. The Labute approximate surface area is 70.5 Å². The van der Waals surface area contributed by atoms with Crippen molar-refractivity contribution < 1.29 is 10.2 Å². The number of benzene rings is 1. The van der Waals surface area contributed by atoms with Gasteiger partial charge in [-0.1, -0.05) is 30.3 Å². The van der Waals surface area contributed by atoms with E-state index >= 15 is 0 Å². The maximum Gasteiger partial charge on any atom is 0.170 e. The van der Waals surface area contributed by atoms with Crippen molar-refractivity contribution in [1.29, 1.82) is 5.26 Å². The molecule has 62 valence electrons. The number of hydrogen-bond acceptors (Lipinski definition) is 3. The van der Waals surface area contributed by atoms with Crippen molar-refractivity contribution in [2.75, 3.05) is 0 Å². The summed E-state index contributed by atoms with van der Waals surface area (Å²) in [4.78, 5) is 0. The molecular weight excluding hydrogens is 154 g/mol. The van der Waals surface area contributed by atoms with Crippen LogP contribution in [0, 0.1) is 11.3 Å². The Balaban J connectivity index is 2.80. The first kappa shape index (κ1) is 8.72. The molecule has 0 spiro atoms. The number of rotatable bonds is 2. The highest BCUT2D eigenvalue weighted by Crippen LogP contribution is 2.15. The molecule has 0 aromatic heterocycles. The molecular formula is C9H9NO2. The van der Waals surface area contributed by atoms with Crippen molar-refractivity contribution in [3.8, 4) is 6.07 Å². The third kappa shape index (κ3) is 1.82. The van der Waals surface area contributed by atoms with E-state index in [0.29, 0.717) is 5.56 Å². The summed E-state index contributed by atoms with van der Waals surface area (Å²) in [6.45, 7) is 0. The summed E-state index contributed by atoms with van der Waals surface area (Å²) < 4.78 is 0. The van der Waals surface area contributed by atoms with Crippen molar-refractivity contribution >= 4 is 0 Å². The van der Waals surface area contributed by atoms with Crippen molar-refractivity contribution in [1.82, 2.24) is 0 Å². The van der Waals surface area contributed by atoms with Crippen LogP contribution in [0.5, 0.6) is 0 Å². The van der Waals surface area contributed by atoms with Gasteiger partial charge in [-0.2, -0.15) is 5.26 Å². The molecule has 0 amide bonds. The zero-order valence-corrected chi connectivity index (χ0v) is 6.38. The molecule has 2 N–H and O–H groups in total. The Hall–Kier alpha value is -1.37. The predicted octanol–water partition coefficient (Wildman–Crippen LogP) is 0.604. The van der Waals surface area contributed by atoms with E-state index in [-0.39, 0.29) is 0 Å². The van der Waals surface area contributed by atoms with Crippen LogP contribution in [0.1, 0.15) is 11.7 Å². The van der Waals surface area contributed by atoms with E-state index in [1.807, 2.05) is 0 Å². The first-order valence-electron chi connectivity index (χ1n) is 3.56. The van der Waals surface area contributed by atoms with Crippen molar-refractivity contribution in [3.05, 3.63) is 35.9 Å². The molecule has 0 fully saturated rings. The summed E-state index contributed by atoms with van der Waals surface area (Å²) in [7, 11) is 0. The van der Waals surface area contributed by atoms with E-state index in [9.17, 15) is 5.11 Å². The van der Waals surface area contributed by atoms with E-state index < -0.39 is 12.2 Å². The first-order chi connectivity index (χ1) is 5.75. The molecule has 1 rings (SSSR count). The average Bonchev–Trinajstić information content (AvgIpc) is 2.17. The van der Waals surface area contributed by atoms with Gasteiger partial charge in [-0.25, -0.2) is 0 Å². The summed E-state index contributed by atoms with van der Waals surface area (Å²) >= 11 is 0. The van der Waals surface area contributed by atoms with Crippen LogP contribution in [0.2, 0.25) is 0 Å². The maximum atomic E-state index is 9.32. The smallest absolute Gasteiger partial charge is 0.170 e. The first-order valence-corrected chi connectivity index (χ1v) is 3.56. The Morgan fingerprint density at radius 1 is 1.17 bits per heavy atom. The quantitative estimate of drug-likeness (QED) is 0.627. The van der Waals surface area contributed by atoms with Crippen LogP contribution in [-0.4, -0.2) is 16.3 Å². The van der Waals surface area contributed by atoms with Gasteiger partial charge in [0.25, 0.3) is 0 Å². The van der Waals surface area contributed by atoms with Crippen LogP contribution in [0.3, 0.4) is 0 Å². The van der Waals surface area contributed by atoms with Gasteiger partial charge in [-0.15, -0.1) is 0 Å². The molecule has 1 aromatic carbocycles. The van der Waals surface area contributed by atoms with Crippen LogP contribution in [0.25, 0.3) is 0 Å². The molecule has 0 bridgehead atoms. The molecule has 0 aliphatic carbocycles. The molecule has 12 heavy (non-hydrogen) atoms. The van der Waals surface area contributed by atoms with Crippen LogP contribution in [0.15, 0.2) is 30.3 Å². The Morgan fingerprint density at radius 2 is 1.75 bits per heavy atom. The Bertz CT molecular complexity index is 278. The van der Waals surface area contributed by atoms with Gasteiger partial charge in [0, 0.05) is 0 Å². The van der Waals surface area contributed by atoms with Crippen LogP contribution in [0.4, 0.5) is 0 Å². The van der Waals surface area contributed by atoms with Gasteiger partial charge in [-0.3, -0.25) is 0 Å². The Kier molecular flexibility index (Phi) is 2.81. The molecule has 3 heteroatoms. The minimum absolute atomic E-state index is 0.548. The lowest BCUT2D eigenvalue weighted by atomic mass is 10.1. The van der Waals surface area contributed by atoms with Crippen molar-refractivity contribution in [2.24, 2.45) is 0 Å². The standard InChI is InChI=1S/C9H9NO2/c10-6-8(11)9(12)7-4-2-1-3-5-7/h1-5,8-9,11-12H/t8-,9-/m0/s1. The van der Waals surface area contributed by atoms with Gasteiger partial charge >= 0.3 is 0 Å². The fourth-order valence-electron chi connectivity index (χ4n) is 0.903. The zero-order valence-electron chi connectivity index (χ0n) is 6.38. The highest BCUT2D eigenvalue weighted by atomic mass is 16.3. The largest absolute Gasteiger partial charge is 0.385 e. The van der Waals surface area contributed by atoms with Gasteiger partial charge in [0.1, 0.15) is 6.10 Å². The summed E-state index contributed by atoms with van der Waals surface area (Å²) in [5.74, 6) is 0. The highest BCUT2D eigenvalue weighted by Gasteiger charge is 2.16. The molecule has 0 unspecified atom stereocenters. The van der Waals surface area contributed by atoms with Crippen LogP contribution < -0.4 is 0 Å². The summed E-state index contributed by atoms with van der Waals surface area (Å²) in [5, 5.41) is 26.6. The molecule has 0 aliphatic heterocycles. The topological polar surface area (TPSA) is 64.2 Å². The summed E-state index contributed by atoms with van der Waals surface area (Å²) in [6, 6.07) is 10.2. The molecule has 3 nitrogen and oxygen atoms in total. The number of aliphatic hydroxyl groups excluding tert-OH is 2. The molecule has 1 aromatic rings. The van der Waals surface area contributed by atoms with E-state index in [0.717, 1.165) is 0 Å². The fraction of sp³-hybridized carbons (Fsp3) is 0.222. The molecule has 0 heterocycles. The minimum Gasteiger partial charge on any atom is -0.385 e. The van der Waals surface area contributed by atoms with Gasteiger partial charge in [0.15, 0.2) is 6.10 Å². The zero-order chi connectivity index (χ0) is 8.97. The molecule has 0 saturated carbocycles. The highest BCUT2D eigenvalue weighted by molar-refractivity contribution is 5.19. The van der Waals surface area contributed by atoms with E-state index in [2.05, 4.69) is 0 Å². The lowest BCUT2D eigenvalue weighted by molar-refractivity contribution is 0.0528. The predicted molar refractivity (Wildman–Crippen MR) is 43.0 cm³/mol. The maximum absolute atomic E-state index is 9.32. The van der Waals surface area contributed by atoms with Crippen LogP contribution in [-0.2, 0) is 0 Å². The molecule has 2 atom stereocenters. The molecule has 0 aliphatic rings. The van der Waals surface area contributed by atoms with Crippen molar-refractivity contribution in [2.45, 2.75) is 12.2 Å². The van der Waals surface area contributed by atoms with Gasteiger partial charge in [0.05, 0.1) is 6.07 Å². The van der Waals surface area contributed by atoms with E-state index in [1.165, 1.54) is 0 Å². The Morgan fingerprint density at radius 3 is 2.25 bits per heavy atom. The second-order valence-electron chi connectivity index (χ2n) is 2.43. The number of nitrogens with zero attached hydrogens (tertiary/aromatic N) is 1.